The first-order chi connectivity index (χ1) is 14.1. The van der Waals surface area contributed by atoms with Crippen LogP contribution in [-0.4, -0.2) is 46.0 Å². The molecule has 3 rings (SSSR count). The summed E-state index contributed by atoms with van der Waals surface area (Å²) >= 11 is 1.56. The van der Waals surface area contributed by atoms with Crippen LogP contribution in [0.25, 0.3) is 11.1 Å². The quantitative estimate of drug-likeness (QED) is 0.585. The van der Waals surface area contributed by atoms with E-state index in [4.69, 9.17) is 5.11 Å². The average molecular weight is 408 g/mol. The Hall–Kier alpha value is -2.55. The average Bonchev–Trinajstić information content (AvgIpc) is 3.21. The fraction of sp³-hybridized carbons (Fsp3) is 0.333. The molecule has 5 heteroatoms. The van der Waals surface area contributed by atoms with Crippen LogP contribution >= 0.6 is 11.8 Å². The Labute approximate surface area is 176 Å². The van der Waals surface area contributed by atoms with Gasteiger partial charge in [0.05, 0.1) is 6.61 Å². The Balaban J connectivity index is 1.70. The van der Waals surface area contributed by atoms with Crippen LogP contribution in [0.5, 0.6) is 0 Å². The van der Waals surface area contributed by atoms with Crippen molar-refractivity contribution in [3.63, 3.8) is 0 Å². The lowest BCUT2D eigenvalue weighted by Crippen LogP contribution is -2.34. The van der Waals surface area contributed by atoms with Crippen LogP contribution in [0.2, 0.25) is 0 Å². The van der Waals surface area contributed by atoms with E-state index in [1.54, 1.807) is 16.7 Å². The van der Waals surface area contributed by atoms with Crippen LogP contribution in [0.1, 0.15) is 35.7 Å². The Morgan fingerprint density at radius 1 is 1.10 bits per heavy atom. The van der Waals surface area contributed by atoms with Gasteiger partial charge in [-0.1, -0.05) is 55.7 Å². The molecule has 0 aromatic heterocycles. The van der Waals surface area contributed by atoms with Crippen LogP contribution in [0.4, 0.5) is 0 Å². The number of benzene rings is 2. The number of hydrogen-bond acceptors (Lipinski definition) is 4. The molecule has 2 aromatic carbocycles. The molecule has 0 saturated carbocycles. The zero-order valence-corrected chi connectivity index (χ0v) is 17.4. The Morgan fingerprint density at radius 3 is 2.38 bits per heavy atom. The van der Waals surface area contributed by atoms with Gasteiger partial charge in [-0.15, -0.1) is 11.8 Å². The van der Waals surface area contributed by atoms with Crippen molar-refractivity contribution < 1.29 is 14.7 Å². The molecule has 0 bridgehead atoms. The minimum atomic E-state index is -0.323. The van der Waals surface area contributed by atoms with E-state index in [-0.39, 0.29) is 30.1 Å². The number of carbonyl (C=O) groups excluding carboxylic acids is 2. The zero-order chi connectivity index (χ0) is 20.6. The highest BCUT2D eigenvalue weighted by molar-refractivity contribution is 8.00. The summed E-state index contributed by atoms with van der Waals surface area (Å²) in [4.78, 5) is 26.1. The maximum Gasteiger partial charge on any atom is 0.255 e. The standard InChI is InChI=1S/C24H25NO3S/c1-2-3-18-4-6-19(7-5-18)20-8-10-21(11-9-20)24(28)25-15-17-29-23(25)13-12-22(27)14-16-26/h4-11,23,26H,2-3,14-17H2,1H3. The van der Waals surface area contributed by atoms with Crippen molar-refractivity contribution in [2.75, 3.05) is 18.9 Å². The Morgan fingerprint density at radius 2 is 1.76 bits per heavy atom. The van der Waals surface area contributed by atoms with Gasteiger partial charge in [-0.25, -0.2) is 0 Å². The first-order valence-electron chi connectivity index (χ1n) is 9.89. The lowest BCUT2D eigenvalue weighted by molar-refractivity contribution is -0.114. The monoisotopic (exact) mass is 407 g/mol. The summed E-state index contributed by atoms with van der Waals surface area (Å²) < 4.78 is 0. The van der Waals surface area contributed by atoms with Gasteiger partial charge in [0, 0.05) is 24.3 Å². The molecule has 1 fully saturated rings. The molecule has 1 unspecified atom stereocenters. The van der Waals surface area contributed by atoms with Crippen molar-refractivity contribution in [2.24, 2.45) is 0 Å². The Bertz CT molecular complexity index is 910. The number of nitrogens with zero attached hydrogens (tertiary/aromatic N) is 1. The predicted molar refractivity (Wildman–Crippen MR) is 118 cm³/mol. The molecule has 1 aliphatic heterocycles. The van der Waals surface area contributed by atoms with Crippen LogP contribution in [0.15, 0.2) is 48.5 Å². The van der Waals surface area contributed by atoms with Gasteiger partial charge in [-0.3, -0.25) is 9.59 Å². The molecule has 1 aliphatic rings. The van der Waals surface area contributed by atoms with Crippen molar-refractivity contribution in [2.45, 2.75) is 31.6 Å². The van der Waals surface area contributed by atoms with Gasteiger partial charge in [-0.2, -0.15) is 0 Å². The molecule has 2 aromatic rings. The molecule has 1 atom stereocenters. The van der Waals surface area contributed by atoms with Gasteiger partial charge >= 0.3 is 0 Å². The lowest BCUT2D eigenvalue weighted by atomic mass is 10.0. The van der Waals surface area contributed by atoms with Gasteiger partial charge in [0.15, 0.2) is 0 Å². The first-order valence-corrected chi connectivity index (χ1v) is 10.9. The number of ketones is 1. The third kappa shape index (κ3) is 5.50. The van der Waals surface area contributed by atoms with E-state index in [0.717, 1.165) is 29.7 Å². The normalized spacial score (nSPS) is 15.7. The number of rotatable bonds is 6. The van der Waals surface area contributed by atoms with E-state index >= 15 is 0 Å². The zero-order valence-electron chi connectivity index (χ0n) is 16.6. The smallest absolute Gasteiger partial charge is 0.255 e. The van der Waals surface area contributed by atoms with Crippen LogP contribution in [0.3, 0.4) is 0 Å². The molecular weight excluding hydrogens is 382 g/mol. The van der Waals surface area contributed by atoms with Gasteiger partial charge < -0.3 is 10.0 Å². The van der Waals surface area contributed by atoms with Crippen LogP contribution in [0, 0.1) is 11.8 Å². The summed E-state index contributed by atoms with van der Waals surface area (Å²) in [6.45, 7) is 2.57. The number of thioether (sulfide) groups is 1. The second kappa shape index (κ2) is 10.3. The number of carbonyl (C=O) groups is 2. The van der Waals surface area contributed by atoms with Gasteiger partial charge in [0.1, 0.15) is 5.37 Å². The van der Waals surface area contributed by atoms with E-state index in [1.165, 1.54) is 5.56 Å². The molecule has 0 spiro atoms. The highest BCUT2D eigenvalue weighted by Crippen LogP contribution is 2.26. The van der Waals surface area contributed by atoms with Gasteiger partial charge in [-0.05, 0) is 41.2 Å². The SMILES string of the molecule is CCCc1ccc(-c2ccc(C(=O)N3CCSC3C#CC(=O)CCO)cc2)cc1. The topological polar surface area (TPSA) is 57.6 Å². The fourth-order valence-electron chi connectivity index (χ4n) is 3.23. The molecular formula is C24H25NO3S. The maximum atomic E-state index is 12.9. The number of aliphatic hydroxyl groups excluding tert-OH is 1. The van der Waals surface area contributed by atoms with Gasteiger partial charge in [0.2, 0.25) is 5.78 Å². The summed E-state index contributed by atoms with van der Waals surface area (Å²) in [6.07, 6.45) is 2.24. The predicted octanol–water partition coefficient (Wildman–Crippen LogP) is 3.78. The van der Waals surface area contributed by atoms with Crippen molar-refractivity contribution in [3.05, 3.63) is 59.7 Å². The number of aryl methyl sites for hydroxylation is 1. The third-order valence-corrected chi connectivity index (χ3v) is 5.89. The van der Waals surface area contributed by atoms with E-state index in [0.29, 0.717) is 12.1 Å². The highest BCUT2D eigenvalue weighted by Gasteiger charge is 2.28. The number of aliphatic hydroxyl groups is 1. The highest BCUT2D eigenvalue weighted by atomic mass is 32.2. The molecule has 29 heavy (non-hydrogen) atoms. The minimum Gasteiger partial charge on any atom is -0.396 e. The number of amides is 1. The third-order valence-electron chi connectivity index (χ3n) is 4.78. The number of Topliss-reactive ketones (excluding diaryl/α,β-unsaturated/α-hetero) is 1. The van der Waals surface area contributed by atoms with E-state index in [9.17, 15) is 9.59 Å². The van der Waals surface area contributed by atoms with Crippen molar-refractivity contribution in [1.29, 1.82) is 0 Å². The summed E-state index contributed by atoms with van der Waals surface area (Å²) in [5.74, 6) is 5.83. The maximum absolute atomic E-state index is 12.9. The summed E-state index contributed by atoms with van der Waals surface area (Å²) in [7, 11) is 0. The molecule has 1 amide bonds. The second-order valence-corrected chi connectivity index (χ2v) is 8.10. The van der Waals surface area contributed by atoms with E-state index < -0.39 is 0 Å². The van der Waals surface area contributed by atoms with Gasteiger partial charge in [0.25, 0.3) is 5.91 Å². The summed E-state index contributed by atoms with van der Waals surface area (Å²) in [5.41, 5.74) is 4.16. The van der Waals surface area contributed by atoms with E-state index in [1.807, 2.05) is 24.3 Å². The second-order valence-electron chi connectivity index (χ2n) is 6.91. The van der Waals surface area contributed by atoms with Crippen molar-refractivity contribution in [3.8, 4) is 23.0 Å². The summed E-state index contributed by atoms with van der Waals surface area (Å²) in [5, 5.41) is 8.48. The lowest BCUT2D eigenvalue weighted by Gasteiger charge is -2.20. The first kappa shape index (κ1) is 21.2. The molecule has 0 aliphatic carbocycles. The molecule has 4 nitrogen and oxygen atoms in total. The van der Waals surface area contributed by atoms with E-state index in [2.05, 4.69) is 43.0 Å². The summed E-state index contributed by atoms with van der Waals surface area (Å²) in [6, 6.07) is 16.2. The fourth-order valence-corrected chi connectivity index (χ4v) is 4.28. The largest absolute Gasteiger partial charge is 0.396 e. The molecule has 1 saturated heterocycles. The van der Waals surface area contributed by atoms with Crippen molar-refractivity contribution in [1.82, 2.24) is 4.90 Å². The molecule has 150 valence electrons. The van der Waals surface area contributed by atoms with Crippen LogP contribution < -0.4 is 0 Å². The number of hydrogen-bond donors (Lipinski definition) is 1. The molecule has 0 radical (unpaired) electrons. The molecule has 1 N–H and O–H groups in total. The minimum absolute atomic E-state index is 0.0270. The Kier molecular flexibility index (Phi) is 7.51. The van der Waals surface area contributed by atoms with Crippen LogP contribution in [-0.2, 0) is 11.2 Å². The molecule has 1 heterocycles. The van der Waals surface area contributed by atoms with Crippen molar-refractivity contribution >= 4 is 23.5 Å².